The maximum absolute atomic E-state index is 14.8. The topological polar surface area (TPSA) is 67.7 Å². The van der Waals surface area contributed by atoms with Crippen LogP contribution in [0.15, 0.2) is 4.79 Å². The maximum Gasteiger partial charge on any atom is 0.413 e. The van der Waals surface area contributed by atoms with Crippen LogP contribution in [0.2, 0.25) is 0 Å². The molecule has 0 spiro atoms. The van der Waals surface area contributed by atoms with Gasteiger partial charge in [-0.1, -0.05) is 13.8 Å². The Labute approximate surface area is 165 Å². The van der Waals surface area contributed by atoms with Crippen LogP contribution in [-0.4, -0.2) is 59.4 Å². The van der Waals surface area contributed by atoms with Gasteiger partial charge in [0.25, 0.3) is 5.56 Å². The molecule has 0 radical (unpaired) electrons. The summed E-state index contributed by atoms with van der Waals surface area (Å²) in [4.78, 5) is 31.3. The Balaban J connectivity index is 2.16. The van der Waals surface area contributed by atoms with Crippen LogP contribution in [-0.2, 0) is 16.1 Å². The van der Waals surface area contributed by atoms with E-state index in [1.807, 2.05) is 0 Å². The number of anilines is 2. The second-order valence-corrected chi connectivity index (χ2v) is 8.04. The van der Waals surface area contributed by atoms with Crippen molar-refractivity contribution in [1.29, 1.82) is 0 Å². The molecule has 1 unspecified atom stereocenters. The minimum Gasteiger partial charge on any atom is -0.377 e. The van der Waals surface area contributed by atoms with Gasteiger partial charge in [0.1, 0.15) is 0 Å². The Kier molecular flexibility index (Phi) is 5.39. The minimum atomic E-state index is -4.77. The van der Waals surface area contributed by atoms with Crippen LogP contribution in [0, 0.1) is 11.7 Å². The van der Waals surface area contributed by atoms with E-state index in [0.717, 1.165) is 11.8 Å². The summed E-state index contributed by atoms with van der Waals surface area (Å²) in [6.45, 7) is 5.17. The highest BCUT2D eigenvalue weighted by atomic mass is 19.4. The Morgan fingerprint density at radius 1 is 1.38 bits per heavy atom. The number of ketones is 1. The van der Waals surface area contributed by atoms with Gasteiger partial charge in [-0.15, -0.1) is 0 Å². The van der Waals surface area contributed by atoms with Crippen LogP contribution in [0.25, 0.3) is 0 Å². The first kappa shape index (κ1) is 21.5. The van der Waals surface area contributed by atoms with Gasteiger partial charge in [-0.3, -0.25) is 14.2 Å². The predicted octanol–water partition coefficient (Wildman–Crippen LogP) is 1.97. The number of rotatable bonds is 4. The lowest BCUT2D eigenvalue weighted by atomic mass is 9.99. The summed E-state index contributed by atoms with van der Waals surface area (Å²) in [7, 11) is 0. The van der Waals surface area contributed by atoms with Gasteiger partial charge < -0.3 is 14.5 Å². The Morgan fingerprint density at radius 3 is 2.59 bits per heavy atom. The molecule has 0 amide bonds. The third kappa shape index (κ3) is 3.49. The number of ether oxygens (including phenoxy) is 1. The largest absolute Gasteiger partial charge is 0.413 e. The molecule has 162 valence electrons. The predicted molar refractivity (Wildman–Crippen MR) is 97.7 cm³/mol. The lowest BCUT2D eigenvalue weighted by molar-refractivity contribution is -0.182. The van der Waals surface area contributed by atoms with Crippen molar-refractivity contribution in [3.63, 3.8) is 0 Å². The third-order valence-electron chi connectivity index (χ3n) is 5.59. The number of carbonyl (C=O) groups excluding carboxylic acids is 1. The smallest absolute Gasteiger partial charge is 0.377 e. The lowest BCUT2D eigenvalue weighted by Crippen LogP contribution is -2.57. The van der Waals surface area contributed by atoms with E-state index in [1.165, 1.54) is 4.90 Å². The number of morpholine rings is 1. The number of hydrogen-bond acceptors (Lipinski definition) is 6. The molecule has 2 aliphatic rings. The van der Waals surface area contributed by atoms with E-state index in [-0.39, 0.29) is 37.6 Å². The number of hydrogen-bond donors (Lipinski definition) is 0. The van der Waals surface area contributed by atoms with Gasteiger partial charge in [-0.2, -0.15) is 22.5 Å². The first-order chi connectivity index (χ1) is 13.4. The summed E-state index contributed by atoms with van der Waals surface area (Å²) in [5.41, 5.74) is -3.74. The van der Waals surface area contributed by atoms with Gasteiger partial charge in [0, 0.05) is 12.5 Å². The number of aromatic nitrogens is 2. The molecular weight excluding hydrogens is 396 g/mol. The fraction of sp³-hybridized carbons (Fsp3) is 0.722. The summed E-state index contributed by atoms with van der Waals surface area (Å²) >= 11 is 0. The average molecular weight is 420 g/mol. The van der Waals surface area contributed by atoms with Crippen molar-refractivity contribution >= 4 is 17.5 Å². The standard InChI is InChI=1S/C18H24F4N4O3/c1-10(2)12(27)7-26-16-23-14(24-5-6-29-8-11(24)3)13(19)15(28)25(16)9-17(26,4)18(20,21)22/h10-11H,5-9H2,1-4H3/t11?,17-/m0/s1. The first-order valence-corrected chi connectivity index (χ1v) is 9.40. The van der Waals surface area contributed by atoms with Crippen molar-refractivity contribution in [2.75, 3.05) is 36.1 Å². The van der Waals surface area contributed by atoms with Crippen molar-refractivity contribution in [2.45, 2.75) is 52.0 Å². The molecule has 3 rings (SSSR count). The summed E-state index contributed by atoms with van der Waals surface area (Å²) in [5, 5.41) is 0. The zero-order valence-electron chi connectivity index (χ0n) is 16.7. The monoisotopic (exact) mass is 420 g/mol. The highest BCUT2D eigenvalue weighted by molar-refractivity contribution is 5.85. The number of fused-ring (bicyclic) bond motifs is 1. The highest BCUT2D eigenvalue weighted by Gasteiger charge is 2.60. The zero-order valence-corrected chi connectivity index (χ0v) is 16.7. The molecule has 0 N–H and O–H groups in total. The second-order valence-electron chi connectivity index (χ2n) is 8.04. The summed E-state index contributed by atoms with van der Waals surface area (Å²) in [6.07, 6.45) is -4.77. The summed E-state index contributed by atoms with van der Waals surface area (Å²) in [6, 6.07) is -0.311. The first-order valence-electron chi connectivity index (χ1n) is 9.40. The molecule has 0 aromatic carbocycles. The van der Waals surface area contributed by atoms with E-state index in [4.69, 9.17) is 4.74 Å². The quantitative estimate of drug-likeness (QED) is 0.694. The van der Waals surface area contributed by atoms with E-state index >= 15 is 0 Å². The number of alkyl halides is 3. The Bertz CT molecular complexity index is 870. The van der Waals surface area contributed by atoms with Gasteiger partial charge in [-0.25, -0.2) is 0 Å². The van der Waals surface area contributed by atoms with Crippen LogP contribution in [0.4, 0.5) is 29.3 Å². The van der Waals surface area contributed by atoms with Crippen molar-refractivity contribution in [3.05, 3.63) is 16.2 Å². The highest BCUT2D eigenvalue weighted by Crippen LogP contribution is 2.43. The second kappa shape index (κ2) is 7.26. The van der Waals surface area contributed by atoms with Crippen molar-refractivity contribution in [2.24, 2.45) is 5.92 Å². The molecule has 1 saturated heterocycles. The molecule has 2 atom stereocenters. The molecule has 1 aromatic heterocycles. The van der Waals surface area contributed by atoms with Crippen LogP contribution in [0.1, 0.15) is 27.7 Å². The van der Waals surface area contributed by atoms with Gasteiger partial charge in [0.05, 0.1) is 32.3 Å². The molecule has 1 fully saturated rings. The summed E-state index contributed by atoms with van der Waals surface area (Å²) < 4.78 is 62.6. The molecule has 11 heteroatoms. The van der Waals surface area contributed by atoms with Crippen molar-refractivity contribution < 1.29 is 27.1 Å². The molecule has 0 bridgehead atoms. The normalized spacial score (nSPS) is 24.9. The van der Waals surface area contributed by atoms with E-state index < -0.39 is 47.9 Å². The molecule has 7 nitrogen and oxygen atoms in total. The molecule has 2 aliphatic heterocycles. The molecule has 29 heavy (non-hydrogen) atoms. The van der Waals surface area contributed by atoms with Gasteiger partial charge in [0.15, 0.2) is 17.1 Å². The minimum absolute atomic E-state index is 0.245. The molecule has 3 heterocycles. The Morgan fingerprint density at radius 2 is 2.03 bits per heavy atom. The SMILES string of the molecule is CC(C)C(=O)CN1c2nc(N3CCOCC3C)c(F)c(=O)n2C[C@@]1(C)C(F)(F)F. The van der Waals surface area contributed by atoms with Crippen molar-refractivity contribution in [1.82, 2.24) is 9.55 Å². The molecule has 0 saturated carbocycles. The lowest BCUT2D eigenvalue weighted by Gasteiger charge is -2.37. The fourth-order valence-corrected chi connectivity index (χ4v) is 3.53. The van der Waals surface area contributed by atoms with Crippen molar-refractivity contribution in [3.8, 4) is 0 Å². The molecule has 0 aliphatic carbocycles. The van der Waals surface area contributed by atoms with Gasteiger partial charge in [0.2, 0.25) is 11.8 Å². The van der Waals surface area contributed by atoms with E-state index in [1.54, 1.807) is 20.8 Å². The van der Waals surface area contributed by atoms with E-state index in [0.29, 0.717) is 4.57 Å². The molecule has 1 aromatic rings. The van der Waals surface area contributed by atoms with Crippen LogP contribution < -0.4 is 15.4 Å². The number of halogens is 4. The third-order valence-corrected chi connectivity index (χ3v) is 5.59. The fourth-order valence-electron chi connectivity index (χ4n) is 3.53. The van der Waals surface area contributed by atoms with Gasteiger partial charge >= 0.3 is 6.18 Å². The van der Waals surface area contributed by atoms with Crippen LogP contribution in [0.5, 0.6) is 0 Å². The maximum atomic E-state index is 14.8. The van der Waals surface area contributed by atoms with E-state index in [2.05, 4.69) is 4.98 Å². The average Bonchev–Trinajstić information content (AvgIpc) is 2.92. The van der Waals surface area contributed by atoms with Gasteiger partial charge in [-0.05, 0) is 13.8 Å². The Hall–Kier alpha value is -2.17. The van der Waals surface area contributed by atoms with E-state index in [9.17, 15) is 27.2 Å². The van der Waals surface area contributed by atoms with Crippen LogP contribution in [0.3, 0.4) is 0 Å². The van der Waals surface area contributed by atoms with Crippen LogP contribution >= 0.6 is 0 Å². The number of Topliss-reactive ketones (excluding diaryl/α,β-unsaturated/α-hetero) is 1. The number of carbonyl (C=O) groups is 1. The number of nitrogens with zero attached hydrogens (tertiary/aromatic N) is 4. The zero-order chi connectivity index (χ0) is 21.7. The molecular formula is C18H24F4N4O3. The summed E-state index contributed by atoms with van der Waals surface area (Å²) in [5.74, 6) is -2.81.